The van der Waals surface area contributed by atoms with Crippen molar-refractivity contribution in [2.24, 2.45) is 5.92 Å². The summed E-state index contributed by atoms with van der Waals surface area (Å²) in [4.78, 5) is 0. The molecule has 0 radical (unpaired) electrons. The van der Waals surface area contributed by atoms with Gasteiger partial charge in [0.1, 0.15) is 11.9 Å². The third-order valence-corrected chi connectivity index (χ3v) is 3.38. The molecule has 0 bridgehead atoms. The largest absolute Gasteiger partial charge is 0.465 e. The van der Waals surface area contributed by atoms with E-state index in [-0.39, 0.29) is 0 Å². The SMILES string of the molecule is OC(CC1CCC1)c1occc1Br. The van der Waals surface area contributed by atoms with E-state index in [0.29, 0.717) is 11.7 Å². The van der Waals surface area contributed by atoms with Crippen LogP contribution in [0.4, 0.5) is 0 Å². The molecule has 1 aromatic heterocycles. The Morgan fingerprint density at radius 2 is 2.38 bits per heavy atom. The highest BCUT2D eigenvalue weighted by molar-refractivity contribution is 9.10. The zero-order valence-electron chi connectivity index (χ0n) is 7.37. The minimum Gasteiger partial charge on any atom is -0.465 e. The molecular weight excluding hydrogens is 232 g/mol. The maximum absolute atomic E-state index is 9.80. The number of hydrogen-bond acceptors (Lipinski definition) is 2. The highest BCUT2D eigenvalue weighted by Crippen LogP contribution is 2.36. The average molecular weight is 245 g/mol. The van der Waals surface area contributed by atoms with Crippen LogP contribution in [0.3, 0.4) is 0 Å². The van der Waals surface area contributed by atoms with Crippen molar-refractivity contribution < 1.29 is 9.52 Å². The monoisotopic (exact) mass is 244 g/mol. The van der Waals surface area contributed by atoms with Crippen LogP contribution in [0.2, 0.25) is 0 Å². The molecule has 1 unspecified atom stereocenters. The standard InChI is InChI=1S/C10H13BrO2/c11-8-4-5-13-10(8)9(12)6-7-2-1-3-7/h4-5,7,9,12H,1-3,6H2. The van der Waals surface area contributed by atoms with Gasteiger partial charge in [-0.2, -0.15) is 0 Å². The van der Waals surface area contributed by atoms with Gasteiger partial charge in [-0.25, -0.2) is 0 Å². The van der Waals surface area contributed by atoms with Crippen molar-refractivity contribution in [3.05, 3.63) is 22.6 Å². The van der Waals surface area contributed by atoms with E-state index >= 15 is 0 Å². The molecule has 1 fully saturated rings. The second-order valence-corrected chi connectivity index (χ2v) is 4.54. The van der Waals surface area contributed by atoms with Gasteiger partial charge in [0.2, 0.25) is 0 Å². The van der Waals surface area contributed by atoms with Crippen LogP contribution in [0.1, 0.15) is 37.5 Å². The Bertz CT molecular complexity index is 278. The lowest BCUT2D eigenvalue weighted by Crippen LogP contribution is -2.14. The Morgan fingerprint density at radius 3 is 2.85 bits per heavy atom. The molecule has 1 saturated carbocycles. The minimum absolute atomic E-state index is 0.435. The molecule has 1 aliphatic rings. The predicted octanol–water partition coefficient (Wildman–Crippen LogP) is 3.27. The molecule has 1 aromatic rings. The number of hydrogen-bond donors (Lipinski definition) is 1. The number of rotatable bonds is 3. The molecule has 0 saturated heterocycles. The van der Waals surface area contributed by atoms with Crippen LogP contribution in [0.5, 0.6) is 0 Å². The smallest absolute Gasteiger partial charge is 0.146 e. The van der Waals surface area contributed by atoms with E-state index in [2.05, 4.69) is 15.9 Å². The van der Waals surface area contributed by atoms with Crippen LogP contribution >= 0.6 is 15.9 Å². The molecule has 1 N–H and O–H groups in total. The van der Waals surface area contributed by atoms with Crippen LogP contribution in [-0.4, -0.2) is 5.11 Å². The van der Waals surface area contributed by atoms with E-state index in [9.17, 15) is 5.11 Å². The van der Waals surface area contributed by atoms with Gasteiger partial charge in [0.15, 0.2) is 0 Å². The normalized spacial score (nSPS) is 19.8. The molecule has 72 valence electrons. The van der Waals surface area contributed by atoms with Gasteiger partial charge in [0.05, 0.1) is 10.7 Å². The first-order valence-electron chi connectivity index (χ1n) is 4.68. The van der Waals surface area contributed by atoms with Gasteiger partial charge in [0.25, 0.3) is 0 Å². The van der Waals surface area contributed by atoms with Gasteiger partial charge in [-0.15, -0.1) is 0 Å². The second kappa shape index (κ2) is 3.84. The summed E-state index contributed by atoms with van der Waals surface area (Å²) in [6.07, 6.45) is 5.84. The summed E-state index contributed by atoms with van der Waals surface area (Å²) in [5.74, 6) is 1.37. The molecule has 13 heavy (non-hydrogen) atoms. The Labute approximate surface area is 86.1 Å². The lowest BCUT2D eigenvalue weighted by atomic mass is 9.81. The van der Waals surface area contributed by atoms with Crippen LogP contribution in [0.25, 0.3) is 0 Å². The van der Waals surface area contributed by atoms with E-state index in [1.165, 1.54) is 19.3 Å². The molecule has 3 heteroatoms. The van der Waals surface area contributed by atoms with Crippen LogP contribution in [0.15, 0.2) is 21.2 Å². The maximum atomic E-state index is 9.80. The number of aliphatic hydroxyl groups is 1. The van der Waals surface area contributed by atoms with Crippen molar-refractivity contribution in [2.45, 2.75) is 31.8 Å². The van der Waals surface area contributed by atoms with E-state index in [0.717, 1.165) is 10.9 Å². The lowest BCUT2D eigenvalue weighted by molar-refractivity contribution is 0.0976. The summed E-state index contributed by atoms with van der Waals surface area (Å²) >= 11 is 3.34. The summed E-state index contributed by atoms with van der Waals surface area (Å²) in [6, 6.07) is 1.82. The minimum atomic E-state index is -0.435. The predicted molar refractivity (Wildman–Crippen MR) is 53.3 cm³/mol. The van der Waals surface area contributed by atoms with Gasteiger partial charge in [-0.1, -0.05) is 19.3 Å². The van der Waals surface area contributed by atoms with Crippen molar-refractivity contribution in [3.8, 4) is 0 Å². The third-order valence-electron chi connectivity index (χ3n) is 2.73. The van der Waals surface area contributed by atoms with Gasteiger partial charge in [-0.05, 0) is 34.3 Å². The quantitative estimate of drug-likeness (QED) is 0.886. The lowest BCUT2D eigenvalue weighted by Gasteiger charge is -2.26. The Hall–Kier alpha value is -0.280. The topological polar surface area (TPSA) is 33.4 Å². The molecular formula is C10H13BrO2. The molecule has 0 amide bonds. The van der Waals surface area contributed by atoms with Crippen molar-refractivity contribution in [3.63, 3.8) is 0 Å². The summed E-state index contributed by atoms with van der Waals surface area (Å²) in [6.45, 7) is 0. The fraction of sp³-hybridized carbons (Fsp3) is 0.600. The maximum Gasteiger partial charge on any atom is 0.146 e. The summed E-state index contributed by atoms with van der Waals surface area (Å²) in [5.41, 5.74) is 0. The molecule has 0 spiro atoms. The molecule has 0 aliphatic heterocycles. The van der Waals surface area contributed by atoms with Crippen LogP contribution < -0.4 is 0 Å². The fourth-order valence-electron chi connectivity index (χ4n) is 1.69. The molecule has 1 heterocycles. The molecule has 1 atom stereocenters. The van der Waals surface area contributed by atoms with Gasteiger partial charge in [0, 0.05) is 0 Å². The third kappa shape index (κ3) is 1.97. The Balaban J connectivity index is 1.96. The zero-order valence-corrected chi connectivity index (χ0v) is 8.96. The highest BCUT2D eigenvalue weighted by Gasteiger charge is 2.24. The fourth-order valence-corrected chi connectivity index (χ4v) is 2.16. The average Bonchev–Trinajstić information content (AvgIpc) is 2.43. The van der Waals surface area contributed by atoms with Crippen molar-refractivity contribution in [1.29, 1.82) is 0 Å². The van der Waals surface area contributed by atoms with E-state index in [1.54, 1.807) is 6.26 Å². The summed E-state index contributed by atoms with van der Waals surface area (Å²) in [7, 11) is 0. The van der Waals surface area contributed by atoms with Crippen LogP contribution in [-0.2, 0) is 0 Å². The van der Waals surface area contributed by atoms with Gasteiger partial charge in [-0.3, -0.25) is 0 Å². The molecule has 2 rings (SSSR count). The van der Waals surface area contributed by atoms with E-state index in [4.69, 9.17) is 4.42 Å². The van der Waals surface area contributed by atoms with E-state index in [1.807, 2.05) is 6.07 Å². The number of halogens is 1. The Morgan fingerprint density at radius 1 is 1.62 bits per heavy atom. The molecule has 1 aliphatic carbocycles. The molecule has 2 nitrogen and oxygen atoms in total. The van der Waals surface area contributed by atoms with Gasteiger partial charge < -0.3 is 9.52 Å². The summed E-state index contributed by atoms with van der Waals surface area (Å²) in [5, 5.41) is 9.80. The first-order chi connectivity index (χ1) is 6.27. The zero-order chi connectivity index (χ0) is 9.26. The summed E-state index contributed by atoms with van der Waals surface area (Å²) < 4.78 is 6.07. The second-order valence-electron chi connectivity index (χ2n) is 3.68. The molecule has 0 aromatic carbocycles. The Kier molecular flexibility index (Phi) is 2.74. The number of aliphatic hydroxyl groups excluding tert-OH is 1. The van der Waals surface area contributed by atoms with E-state index < -0.39 is 6.10 Å². The number of furan rings is 1. The first-order valence-corrected chi connectivity index (χ1v) is 5.47. The van der Waals surface area contributed by atoms with Gasteiger partial charge >= 0.3 is 0 Å². The van der Waals surface area contributed by atoms with Crippen molar-refractivity contribution in [2.75, 3.05) is 0 Å². The first kappa shape index (κ1) is 9.28. The highest BCUT2D eigenvalue weighted by atomic mass is 79.9. The van der Waals surface area contributed by atoms with Crippen molar-refractivity contribution >= 4 is 15.9 Å². The van der Waals surface area contributed by atoms with Crippen molar-refractivity contribution in [1.82, 2.24) is 0 Å². The van der Waals surface area contributed by atoms with Crippen LogP contribution in [0, 0.1) is 5.92 Å².